The fourth-order valence-corrected chi connectivity index (χ4v) is 4.02. The first-order valence-corrected chi connectivity index (χ1v) is 10.9. The van der Waals surface area contributed by atoms with Gasteiger partial charge in [0.2, 0.25) is 12.5 Å². The average molecular weight is 478 g/mol. The molecule has 0 saturated heterocycles. The Labute approximate surface area is 187 Å². The van der Waals surface area contributed by atoms with Crippen LogP contribution in [0.25, 0.3) is 22.2 Å². The van der Waals surface area contributed by atoms with Gasteiger partial charge in [-0.3, -0.25) is 14.9 Å². The minimum atomic E-state index is -0.456. The van der Waals surface area contributed by atoms with Crippen molar-refractivity contribution in [1.82, 2.24) is 4.98 Å². The lowest BCUT2D eigenvalue weighted by Crippen LogP contribution is -2.15. The molecule has 31 heavy (non-hydrogen) atoms. The molecule has 6 nitrogen and oxygen atoms in total. The van der Waals surface area contributed by atoms with Crippen LogP contribution in [0.1, 0.15) is 17.0 Å². The van der Waals surface area contributed by atoms with Gasteiger partial charge in [-0.25, -0.2) is 0 Å². The maximum Gasteiger partial charge on any atom is 0.235 e. The Balaban J connectivity index is 1.97. The van der Waals surface area contributed by atoms with Crippen LogP contribution in [-0.2, 0) is 4.79 Å². The monoisotopic (exact) mass is 477 g/mol. The topological polar surface area (TPSA) is 88.0 Å². The number of H-pyrrole nitrogens is 1. The Hall–Kier alpha value is -3.45. The minimum Gasteiger partial charge on any atom is -0.354 e. The van der Waals surface area contributed by atoms with Gasteiger partial charge in [-0.1, -0.05) is 76.6 Å². The summed E-state index contributed by atoms with van der Waals surface area (Å²) in [6.45, 7) is -0.241. The molecule has 3 aromatic carbocycles. The number of aromatic amines is 1. The second-order valence-electron chi connectivity index (χ2n) is 7.20. The van der Waals surface area contributed by atoms with Gasteiger partial charge in [-0.15, -0.1) is 0 Å². The Morgan fingerprint density at radius 2 is 1.71 bits per heavy atom. The molecule has 156 valence electrons. The number of amides is 1. The maximum atomic E-state index is 11.9. The van der Waals surface area contributed by atoms with Crippen LogP contribution in [0.5, 0.6) is 0 Å². The van der Waals surface area contributed by atoms with Gasteiger partial charge < -0.3 is 10.3 Å². The van der Waals surface area contributed by atoms with Crippen molar-refractivity contribution in [2.45, 2.75) is 5.92 Å². The summed E-state index contributed by atoms with van der Waals surface area (Å²) in [6.07, 6.45) is 0. The zero-order valence-corrected chi connectivity index (χ0v) is 18.1. The first kappa shape index (κ1) is 20.8. The van der Waals surface area contributed by atoms with Gasteiger partial charge in [0.25, 0.3) is 0 Å². The van der Waals surface area contributed by atoms with E-state index in [1.54, 1.807) is 0 Å². The van der Waals surface area contributed by atoms with Gasteiger partial charge in [-0.05, 0) is 34.9 Å². The van der Waals surface area contributed by atoms with Gasteiger partial charge in [0.15, 0.2) is 0 Å². The van der Waals surface area contributed by atoms with Crippen LogP contribution in [0.3, 0.4) is 0 Å². The van der Waals surface area contributed by atoms with Crippen LogP contribution in [0.2, 0.25) is 0 Å². The molecule has 1 amide bonds. The zero-order chi connectivity index (χ0) is 21.8. The Bertz CT molecular complexity index is 1220. The van der Waals surface area contributed by atoms with E-state index in [9.17, 15) is 14.9 Å². The molecule has 0 aliphatic rings. The van der Waals surface area contributed by atoms with E-state index < -0.39 is 5.92 Å². The smallest absolute Gasteiger partial charge is 0.235 e. The summed E-state index contributed by atoms with van der Waals surface area (Å²) in [7, 11) is 0. The Morgan fingerprint density at radius 3 is 2.35 bits per heavy atom. The molecule has 0 bridgehead atoms. The second-order valence-corrected chi connectivity index (χ2v) is 7.76. The molecule has 0 saturated carbocycles. The predicted molar refractivity (Wildman–Crippen MR) is 126 cm³/mol. The van der Waals surface area contributed by atoms with Gasteiger partial charge >= 0.3 is 0 Å². The highest BCUT2D eigenvalue weighted by Gasteiger charge is 2.27. The van der Waals surface area contributed by atoms with Crippen LogP contribution in [0.15, 0.2) is 78.9 Å². The van der Waals surface area contributed by atoms with Crippen molar-refractivity contribution in [2.75, 3.05) is 17.2 Å². The molecule has 4 aromatic rings. The van der Waals surface area contributed by atoms with Crippen LogP contribution >= 0.6 is 15.9 Å². The molecule has 0 aliphatic heterocycles. The number of anilines is 1. The normalized spacial score (nSPS) is 11.9. The molecule has 1 unspecified atom stereocenters. The number of hydrogen-bond donors (Lipinski definition) is 2. The third kappa shape index (κ3) is 4.51. The third-order valence-electron chi connectivity index (χ3n) is 5.19. The fourth-order valence-electron chi connectivity index (χ4n) is 3.88. The molecular weight excluding hydrogens is 458 g/mol. The lowest BCUT2D eigenvalue weighted by atomic mass is 9.87. The number of halogens is 1. The van der Waals surface area contributed by atoms with E-state index in [1.807, 2.05) is 78.9 Å². The van der Waals surface area contributed by atoms with E-state index in [2.05, 4.69) is 26.2 Å². The molecular formula is C24H20BrN3O3. The molecule has 0 spiro atoms. The van der Waals surface area contributed by atoms with E-state index >= 15 is 0 Å². The largest absolute Gasteiger partial charge is 0.354 e. The lowest BCUT2D eigenvalue weighted by Gasteiger charge is -2.16. The summed E-state index contributed by atoms with van der Waals surface area (Å²) in [6, 6.07) is 24.9. The molecule has 2 N–H and O–H groups in total. The quantitative estimate of drug-likeness (QED) is 0.207. The molecule has 7 heteroatoms. The molecule has 1 aromatic heterocycles. The highest BCUT2D eigenvalue weighted by Crippen LogP contribution is 2.39. The van der Waals surface area contributed by atoms with Gasteiger partial charge in [0, 0.05) is 21.5 Å². The molecule has 1 atom stereocenters. The number of fused-ring (bicyclic) bond motifs is 1. The number of carbonyl (C=O) groups is 1. The number of benzene rings is 3. The number of aromatic nitrogens is 1. The van der Waals surface area contributed by atoms with Crippen molar-refractivity contribution in [3.8, 4) is 11.3 Å². The van der Waals surface area contributed by atoms with Crippen LogP contribution in [0.4, 0.5) is 5.69 Å². The van der Waals surface area contributed by atoms with E-state index in [4.69, 9.17) is 0 Å². The van der Waals surface area contributed by atoms with Crippen molar-refractivity contribution >= 4 is 38.4 Å². The Morgan fingerprint density at radius 1 is 1.03 bits per heavy atom. The number of nitro groups is 1. The van der Waals surface area contributed by atoms with Crippen molar-refractivity contribution in [3.05, 3.63) is 100 Å². The van der Waals surface area contributed by atoms with Gasteiger partial charge in [-0.2, -0.15) is 0 Å². The summed E-state index contributed by atoms with van der Waals surface area (Å²) in [5.74, 6) is -0.619. The Kier molecular flexibility index (Phi) is 6.13. The number of nitrogens with zero attached hydrogens (tertiary/aromatic N) is 1. The number of nitrogens with one attached hydrogen (secondary N) is 2. The van der Waals surface area contributed by atoms with Gasteiger partial charge in [0.1, 0.15) is 0 Å². The molecule has 4 rings (SSSR count). The average Bonchev–Trinajstić information content (AvgIpc) is 3.17. The van der Waals surface area contributed by atoms with E-state index in [1.165, 1.54) is 0 Å². The van der Waals surface area contributed by atoms with E-state index in [-0.39, 0.29) is 22.7 Å². The molecule has 1 heterocycles. The summed E-state index contributed by atoms with van der Waals surface area (Å²) in [4.78, 5) is 26.7. The van der Waals surface area contributed by atoms with Crippen molar-refractivity contribution < 1.29 is 9.72 Å². The summed E-state index contributed by atoms with van der Waals surface area (Å²) in [5, 5.41) is 15.5. The fraction of sp³-hybridized carbons (Fsp3) is 0.125. The van der Waals surface area contributed by atoms with E-state index in [0.29, 0.717) is 5.69 Å². The highest BCUT2D eigenvalue weighted by molar-refractivity contribution is 9.09. The van der Waals surface area contributed by atoms with Crippen molar-refractivity contribution in [2.24, 2.45) is 0 Å². The zero-order valence-electron chi connectivity index (χ0n) is 16.5. The van der Waals surface area contributed by atoms with E-state index in [0.717, 1.165) is 33.3 Å². The second kappa shape index (κ2) is 9.14. The highest BCUT2D eigenvalue weighted by atomic mass is 79.9. The summed E-state index contributed by atoms with van der Waals surface area (Å²) in [5.41, 5.74) is 5.00. The number of rotatable bonds is 7. The SMILES string of the molecule is O=C(CBr)Nc1ccc2[nH]c(-c3ccccc3)c(C(C[N+](=O)[O-])c3ccccc3)c2c1. The summed E-state index contributed by atoms with van der Waals surface area (Å²) < 4.78 is 0. The third-order valence-corrected chi connectivity index (χ3v) is 5.70. The molecule has 0 aliphatic carbocycles. The van der Waals surface area contributed by atoms with Crippen LogP contribution in [0, 0.1) is 10.1 Å². The van der Waals surface area contributed by atoms with Crippen LogP contribution in [-0.4, -0.2) is 27.7 Å². The lowest BCUT2D eigenvalue weighted by molar-refractivity contribution is -0.481. The molecule has 0 radical (unpaired) electrons. The standard InChI is InChI=1S/C24H20BrN3O3/c25-14-22(29)26-18-11-12-21-19(13-18)23(24(27-21)17-9-5-2-6-10-17)20(15-28(30)31)16-7-3-1-4-8-16/h1-13,20,27H,14-15H2,(H,26,29). The minimum absolute atomic E-state index is 0.162. The predicted octanol–water partition coefficient (Wildman–Crippen LogP) is 5.58. The number of alkyl halides is 1. The summed E-state index contributed by atoms with van der Waals surface area (Å²) >= 11 is 3.16. The molecule has 0 fully saturated rings. The number of carbonyl (C=O) groups excluding carboxylic acids is 1. The first-order valence-electron chi connectivity index (χ1n) is 9.80. The van der Waals surface area contributed by atoms with Crippen molar-refractivity contribution in [3.63, 3.8) is 0 Å². The van der Waals surface area contributed by atoms with Crippen molar-refractivity contribution in [1.29, 1.82) is 0 Å². The first-order chi connectivity index (χ1) is 15.1. The maximum absolute atomic E-state index is 11.9. The van der Waals surface area contributed by atoms with Crippen LogP contribution < -0.4 is 5.32 Å². The van der Waals surface area contributed by atoms with Gasteiger partial charge in [0.05, 0.1) is 16.9 Å². The number of hydrogen-bond acceptors (Lipinski definition) is 3.